The molecule has 0 amide bonds. The van der Waals surface area contributed by atoms with Crippen molar-refractivity contribution in [3.05, 3.63) is 39.9 Å². The Morgan fingerprint density at radius 1 is 1.40 bits per heavy atom. The van der Waals surface area contributed by atoms with E-state index in [2.05, 4.69) is 33.1 Å². The first kappa shape index (κ1) is 15.5. The number of aromatic nitrogens is 3. The van der Waals surface area contributed by atoms with Gasteiger partial charge in [-0.05, 0) is 24.1 Å². The Kier molecular flexibility index (Phi) is 5.56. The first-order valence-corrected chi connectivity index (χ1v) is 8.12. The molecular formula is C13H16BrFN4S. The third-order valence-corrected chi connectivity index (χ3v) is 4.30. The van der Waals surface area contributed by atoms with E-state index in [4.69, 9.17) is 5.73 Å². The Hall–Kier alpha value is -0.920. The van der Waals surface area contributed by atoms with Gasteiger partial charge in [-0.3, -0.25) is 0 Å². The third kappa shape index (κ3) is 3.59. The number of thioether (sulfide) groups is 1. The molecule has 0 saturated heterocycles. The summed E-state index contributed by atoms with van der Waals surface area (Å²) in [5.41, 5.74) is 6.30. The van der Waals surface area contributed by atoms with Crippen molar-refractivity contribution in [1.82, 2.24) is 14.8 Å². The van der Waals surface area contributed by atoms with Gasteiger partial charge in [-0.2, -0.15) is 0 Å². The predicted octanol–water partition coefficient (Wildman–Crippen LogP) is 3.34. The highest BCUT2D eigenvalue weighted by Crippen LogP contribution is 2.25. The van der Waals surface area contributed by atoms with Gasteiger partial charge in [-0.25, -0.2) is 4.39 Å². The van der Waals surface area contributed by atoms with Gasteiger partial charge in [0.25, 0.3) is 0 Å². The molecule has 0 spiro atoms. The van der Waals surface area contributed by atoms with E-state index in [1.54, 1.807) is 6.07 Å². The normalized spacial score (nSPS) is 11.0. The summed E-state index contributed by atoms with van der Waals surface area (Å²) in [6.07, 6.45) is 0.977. The van der Waals surface area contributed by atoms with Gasteiger partial charge in [0, 0.05) is 16.8 Å². The molecule has 1 heterocycles. The number of hydrogen-bond acceptors (Lipinski definition) is 4. The molecule has 2 rings (SSSR count). The molecule has 1 aromatic heterocycles. The third-order valence-electron chi connectivity index (χ3n) is 2.80. The van der Waals surface area contributed by atoms with Crippen molar-refractivity contribution >= 4 is 27.7 Å². The van der Waals surface area contributed by atoms with E-state index in [0.717, 1.165) is 28.4 Å². The zero-order chi connectivity index (χ0) is 14.5. The van der Waals surface area contributed by atoms with E-state index in [1.807, 2.05) is 10.6 Å². The summed E-state index contributed by atoms with van der Waals surface area (Å²) >= 11 is 4.72. The lowest BCUT2D eigenvalue weighted by Crippen LogP contribution is -2.09. The van der Waals surface area contributed by atoms with E-state index in [-0.39, 0.29) is 5.82 Å². The first-order valence-electron chi connectivity index (χ1n) is 6.34. The van der Waals surface area contributed by atoms with Crippen LogP contribution < -0.4 is 5.73 Å². The van der Waals surface area contributed by atoms with Crippen molar-refractivity contribution in [2.24, 2.45) is 5.73 Å². The van der Waals surface area contributed by atoms with Crippen LogP contribution in [0.3, 0.4) is 0 Å². The van der Waals surface area contributed by atoms with Crippen LogP contribution in [0.25, 0.3) is 0 Å². The topological polar surface area (TPSA) is 56.7 Å². The molecule has 0 aliphatic carbocycles. The molecule has 0 bridgehead atoms. The van der Waals surface area contributed by atoms with Crippen LogP contribution in [-0.4, -0.2) is 14.8 Å². The van der Waals surface area contributed by atoms with Crippen LogP contribution in [0, 0.1) is 5.82 Å². The maximum absolute atomic E-state index is 13.8. The van der Waals surface area contributed by atoms with Gasteiger partial charge in [-0.1, -0.05) is 40.7 Å². The number of halogens is 2. The van der Waals surface area contributed by atoms with Crippen LogP contribution in [0.1, 0.15) is 24.7 Å². The molecule has 1 aromatic carbocycles. The first-order chi connectivity index (χ1) is 9.65. The van der Waals surface area contributed by atoms with Crippen molar-refractivity contribution < 1.29 is 4.39 Å². The average Bonchev–Trinajstić information content (AvgIpc) is 2.81. The minimum Gasteiger partial charge on any atom is -0.324 e. The molecular weight excluding hydrogens is 343 g/mol. The van der Waals surface area contributed by atoms with E-state index in [9.17, 15) is 4.39 Å². The number of benzene rings is 1. The Bertz CT molecular complexity index is 588. The van der Waals surface area contributed by atoms with Crippen LogP contribution >= 0.6 is 27.7 Å². The molecule has 0 aliphatic heterocycles. The fraction of sp³-hybridized carbons (Fsp3) is 0.385. The number of nitrogens with two attached hydrogens (primary N) is 1. The van der Waals surface area contributed by atoms with E-state index in [0.29, 0.717) is 17.9 Å². The molecule has 0 saturated carbocycles. The van der Waals surface area contributed by atoms with E-state index < -0.39 is 0 Å². The van der Waals surface area contributed by atoms with Gasteiger partial charge in [0.1, 0.15) is 11.6 Å². The summed E-state index contributed by atoms with van der Waals surface area (Å²) in [4.78, 5) is 0. The molecule has 0 radical (unpaired) electrons. The molecule has 4 nitrogen and oxygen atoms in total. The highest BCUT2D eigenvalue weighted by molar-refractivity contribution is 9.10. The van der Waals surface area contributed by atoms with Crippen molar-refractivity contribution in [1.29, 1.82) is 0 Å². The van der Waals surface area contributed by atoms with Gasteiger partial charge in [-0.15, -0.1) is 10.2 Å². The number of nitrogens with zero attached hydrogens (tertiary/aromatic N) is 3. The molecule has 108 valence electrons. The Morgan fingerprint density at radius 3 is 2.85 bits per heavy atom. The smallest absolute Gasteiger partial charge is 0.191 e. The lowest BCUT2D eigenvalue weighted by Gasteiger charge is -2.08. The van der Waals surface area contributed by atoms with Crippen molar-refractivity contribution in [2.45, 2.75) is 37.3 Å². The number of rotatable bonds is 6. The van der Waals surface area contributed by atoms with E-state index >= 15 is 0 Å². The van der Waals surface area contributed by atoms with Crippen molar-refractivity contribution in [2.75, 3.05) is 0 Å². The largest absolute Gasteiger partial charge is 0.324 e. The Labute approximate surface area is 130 Å². The van der Waals surface area contributed by atoms with E-state index in [1.165, 1.54) is 17.8 Å². The molecule has 0 aliphatic rings. The molecule has 7 heteroatoms. The SMILES string of the molecule is CCCn1c(CN)nnc1SCc1ccc(Br)cc1F. The highest BCUT2D eigenvalue weighted by Gasteiger charge is 2.12. The van der Waals surface area contributed by atoms with Crippen LogP contribution in [-0.2, 0) is 18.8 Å². The molecule has 2 aromatic rings. The van der Waals surface area contributed by atoms with Crippen molar-refractivity contribution in [3.8, 4) is 0 Å². The number of hydrogen-bond donors (Lipinski definition) is 1. The van der Waals surface area contributed by atoms with Crippen molar-refractivity contribution in [3.63, 3.8) is 0 Å². The summed E-state index contributed by atoms with van der Waals surface area (Å²) in [6.45, 7) is 3.27. The maximum atomic E-state index is 13.8. The zero-order valence-corrected chi connectivity index (χ0v) is 13.5. The second-order valence-electron chi connectivity index (χ2n) is 4.28. The lowest BCUT2D eigenvalue weighted by molar-refractivity contribution is 0.591. The predicted molar refractivity (Wildman–Crippen MR) is 81.9 cm³/mol. The molecule has 2 N–H and O–H groups in total. The molecule has 0 atom stereocenters. The van der Waals surface area contributed by atoms with Crippen LogP contribution in [0.4, 0.5) is 4.39 Å². The standard InChI is InChI=1S/C13H16BrFN4S/c1-2-5-19-12(7-16)17-18-13(19)20-8-9-3-4-10(14)6-11(9)15/h3-4,6H,2,5,7-8,16H2,1H3. The fourth-order valence-electron chi connectivity index (χ4n) is 1.81. The van der Waals surface area contributed by atoms with Crippen LogP contribution in [0.2, 0.25) is 0 Å². The molecule has 0 unspecified atom stereocenters. The van der Waals surface area contributed by atoms with Gasteiger partial charge in [0.15, 0.2) is 5.16 Å². The van der Waals surface area contributed by atoms with Crippen LogP contribution in [0.5, 0.6) is 0 Å². The molecule has 20 heavy (non-hydrogen) atoms. The monoisotopic (exact) mass is 358 g/mol. The van der Waals surface area contributed by atoms with Gasteiger partial charge < -0.3 is 10.3 Å². The second-order valence-corrected chi connectivity index (χ2v) is 6.14. The van der Waals surface area contributed by atoms with Gasteiger partial charge in [0.2, 0.25) is 0 Å². The average molecular weight is 359 g/mol. The summed E-state index contributed by atoms with van der Waals surface area (Å²) in [5, 5.41) is 8.99. The summed E-state index contributed by atoms with van der Waals surface area (Å²) in [6, 6.07) is 5.08. The highest BCUT2D eigenvalue weighted by atomic mass is 79.9. The quantitative estimate of drug-likeness (QED) is 0.804. The van der Waals surface area contributed by atoms with Gasteiger partial charge >= 0.3 is 0 Å². The second kappa shape index (κ2) is 7.19. The fourth-order valence-corrected chi connectivity index (χ4v) is 3.11. The molecule has 0 fully saturated rings. The van der Waals surface area contributed by atoms with Crippen LogP contribution in [0.15, 0.2) is 27.8 Å². The summed E-state index contributed by atoms with van der Waals surface area (Å²) in [7, 11) is 0. The minimum absolute atomic E-state index is 0.215. The zero-order valence-electron chi connectivity index (χ0n) is 11.1. The lowest BCUT2D eigenvalue weighted by atomic mass is 10.2. The Balaban J connectivity index is 2.12. The van der Waals surface area contributed by atoms with Gasteiger partial charge in [0.05, 0.1) is 6.54 Å². The summed E-state index contributed by atoms with van der Waals surface area (Å²) in [5.74, 6) is 1.07. The Morgan fingerprint density at radius 2 is 2.20 bits per heavy atom. The summed E-state index contributed by atoms with van der Waals surface area (Å²) < 4.78 is 16.5. The maximum Gasteiger partial charge on any atom is 0.191 e. The minimum atomic E-state index is -0.215.